The summed E-state index contributed by atoms with van der Waals surface area (Å²) in [6, 6.07) is -0.228. The van der Waals surface area contributed by atoms with Gasteiger partial charge in [-0.1, -0.05) is 0 Å². The lowest BCUT2D eigenvalue weighted by molar-refractivity contribution is -0.126. The van der Waals surface area contributed by atoms with Crippen molar-refractivity contribution in [1.29, 1.82) is 0 Å². The number of rotatable bonds is 5. The van der Waals surface area contributed by atoms with Crippen molar-refractivity contribution in [3.63, 3.8) is 0 Å². The molecule has 2 amide bonds. The van der Waals surface area contributed by atoms with Gasteiger partial charge in [0.05, 0.1) is 0 Å². The van der Waals surface area contributed by atoms with Crippen molar-refractivity contribution in [2.45, 2.75) is 51.7 Å². The van der Waals surface area contributed by atoms with E-state index in [1.807, 2.05) is 20.8 Å². The summed E-state index contributed by atoms with van der Waals surface area (Å²) >= 11 is 5.00. The highest BCUT2D eigenvalue weighted by molar-refractivity contribution is 7.80. The lowest BCUT2D eigenvalue weighted by Crippen LogP contribution is -2.33. The highest BCUT2D eigenvalue weighted by Gasteiger charge is 2.31. The summed E-state index contributed by atoms with van der Waals surface area (Å²) in [5, 5.41) is 6.15. The molecule has 0 aromatic carbocycles. The topological polar surface area (TPSA) is 70.7 Å². The van der Waals surface area contributed by atoms with Crippen molar-refractivity contribution in [1.82, 2.24) is 15.5 Å². The van der Waals surface area contributed by atoms with Gasteiger partial charge < -0.3 is 15.4 Å². The summed E-state index contributed by atoms with van der Waals surface area (Å²) < 4.78 is 5.12. The monoisotopic (exact) mass is 301 g/mol. The van der Waals surface area contributed by atoms with Gasteiger partial charge in [-0.25, -0.2) is 4.79 Å². The minimum absolute atomic E-state index is 0.00935. The first-order valence-corrected chi connectivity index (χ1v) is 7.16. The van der Waals surface area contributed by atoms with E-state index in [2.05, 4.69) is 10.6 Å². The minimum atomic E-state index is -0.482. The average molecular weight is 301 g/mol. The van der Waals surface area contributed by atoms with Crippen LogP contribution in [0.15, 0.2) is 0 Å². The standard InChI is InChI=1S/C13H23N3O3S/c1-13(2,3)19-12(18)14-8-6-5-7-9-10(17)16(4)11(20)15-9/h9H,5-8H2,1-4H3,(H,14,18)(H,15,20). The second-order valence-corrected chi connectivity index (χ2v) is 6.21. The number of ether oxygens (including phenoxy) is 1. The van der Waals surface area contributed by atoms with Crippen molar-refractivity contribution >= 4 is 29.3 Å². The summed E-state index contributed by atoms with van der Waals surface area (Å²) in [6.07, 6.45) is 1.92. The SMILES string of the molecule is CN1C(=O)C(CCCCNC(=O)OC(C)(C)C)NC1=S. The number of thiocarbonyl (C=S) groups is 1. The Balaban J connectivity index is 2.13. The van der Waals surface area contributed by atoms with Crippen molar-refractivity contribution in [2.75, 3.05) is 13.6 Å². The Kier molecular flexibility index (Phi) is 5.74. The number of amides is 2. The molecule has 1 rings (SSSR count). The number of nitrogens with zero attached hydrogens (tertiary/aromatic N) is 1. The minimum Gasteiger partial charge on any atom is -0.444 e. The van der Waals surface area contributed by atoms with Gasteiger partial charge in [0.1, 0.15) is 11.6 Å². The molecule has 0 aromatic heterocycles. The lowest BCUT2D eigenvalue weighted by atomic mass is 10.1. The molecule has 0 spiro atoms. The van der Waals surface area contributed by atoms with E-state index in [4.69, 9.17) is 17.0 Å². The third kappa shape index (κ3) is 5.32. The van der Waals surface area contributed by atoms with Crippen LogP contribution in [0.4, 0.5) is 4.79 Å². The molecule has 0 aliphatic carbocycles. The molecule has 1 heterocycles. The van der Waals surface area contributed by atoms with Crippen molar-refractivity contribution in [3.8, 4) is 0 Å². The quantitative estimate of drug-likeness (QED) is 0.593. The van der Waals surface area contributed by atoms with Crippen LogP contribution >= 0.6 is 12.2 Å². The van der Waals surface area contributed by atoms with E-state index in [9.17, 15) is 9.59 Å². The second kappa shape index (κ2) is 6.88. The van der Waals surface area contributed by atoms with E-state index in [1.165, 1.54) is 4.90 Å². The Morgan fingerprint density at radius 2 is 2.10 bits per heavy atom. The zero-order valence-corrected chi connectivity index (χ0v) is 13.3. The van der Waals surface area contributed by atoms with Gasteiger partial charge in [0.2, 0.25) is 0 Å². The molecule has 1 aliphatic heterocycles. The third-order valence-corrected chi connectivity index (χ3v) is 3.21. The zero-order valence-electron chi connectivity index (χ0n) is 12.5. The molecule has 1 unspecified atom stereocenters. The summed E-state index contributed by atoms with van der Waals surface area (Å²) in [4.78, 5) is 24.6. The number of unbranched alkanes of at least 4 members (excludes halogenated alkanes) is 1. The van der Waals surface area contributed by atoms with Crippen LogP contribution in [0.3, 0.4) is 0 Å². The van der Waals surface area contributed by atoms with Gasteiger partial charge in [0.25, 0.3) is 5.91 Å². The molecule has 1 atom stereocenters. The highest BCUT2D eigenvalue weighted by atomic mass is 32.1. The molecule has 7 heteroatoms. The molecule has 1 saturated heterocycles. The Morgan fingerprint density at radius 3 is 2.60 bits per heavy atom. The van der Waals surface area contributed by atoms with Gasteiger partial charge in [0.15, 0.2) is 5.11 Å². The van der Waals surface area contributed by atoms with Crippen LogP contribution in [0, 0.1) is 0 Å². The number of hydrogen-bond donors (Lipinski definition) is 2. The van der Waals surface area contributed by atoms with E-state index < -0.39 is 11.7 Å². The number of nitrogens with one attached hydrogen (secondary N) is 2. The summed E-state index contributed by atoms with van der Waals surface area (Å²) in [5.41, 5.74) is -0.482. The van der Waals surface area contributed by atoms with E-state index in [0.717, 1.165) is 12.8 Å². The van der Waals surface area contributed by atoms with Crippen LogP contribution in [0.5, 0.6) is 0 Å². The average Bonchev–Trinajstić information content (AvgIpc) is 2.54. The van der Waals surface area contributed by atoms with Gasteiger partial charge >= 0.3 is 6.09 Å². The van der Waals surface area contributed by atoms with E-state index >= 15 is 0 Å². The number of carbonyl (C=O) groups is 2. The molecule has 0 saturated carbocycles. The van der Waals surface area contributed by atoms with Gasteiger partial charge in [0, 0.05) is 13.6 Å². The van der Waals surface area contributed by atoms with Crippen LogP contribution < -0.4 is 10.6 Å². The van der Waals surface area contributed by atoms with Crippen LogP contribution in [0.1, 0.15) is 40.0 Å². The predicted octanol–water partition coefficient (Wildman–Crippen LogP) is 1.40. The number of carbonyl (C=O) groups excluding carboxylic acids is 2. The maximum absolute atomic E-state index is 11.7. The molecule has 6 nitrogen and oxygen atoms in total. The molecular formula is C13H23N3O3S. The van der Waals surface area contributed by atoms with E-state index in [1.54, 1.807) is 7.05 Å². The van der Waals surface area contributed by atoms with Crippen molar-refractivity contribution < 1.29 is 14.3 Å². The smallest absolute Gasteiger partial charge is 0.407 e. The summed E-state index contributed by atoms with van der Waals surface area (Å²) in [7, 11) is 1.67. The van der Waals surface area contributed by atoms with Gasteiger partial charge in [-0.05, 0) is 52.3 Å². The fourth-order valence-corrected chi connectivity index (χ4v) is 2.05. The maximum atomic E-state index is 11.7. The Morgan fingerprint density at radius 1 is 1.45 bits per heavy atom. The largest absolute Gasteiger partial charge is 0.444 e. The van der Waals surface area contributed by atoms with Gasteiger partial charge in [-0.2, -0.15) is 0 Å². The molecule has 2 N–H and O–H groups in total. The first-order chi connectivity index (χ1) is 9.20. The molecule has 0 radical (unpaired) electrons. The Hall–Kier alpha value is -1.37. The summed E-state index contributed by atoms with van der Waals surface area (Å²) in [5.74, 6) is 0.00935. The van der Waals surface area contributed by atoms with Crippen LogP contribution in [0.25, 0.3) is 0 Å². The maximum Gasteiger partial charge on any atom is 0.407 e. The van der Waals surface area contributed by atoms with Gasteiger partial charge in [-0.3, -0.25) is 9.69 Å². The van der Waals surface area contributed by atoms with Gasteiger partial charge in [-0.15, -0.1) is 0 Å². The molecule has 1 fully saturated rings. The Labute approximate surface area is 125 Å². The normalized spacial score (nSPS) is 19.0. The van der Waals surface area contributed by atoms with Crippen LogP contribution in [0.2, 0.25) is 0 Å². The van der Waals surface area contributed by atoms with Crippen molar-refractivity contribution in [3.05, 3.63) is 0 Å². The van der Waals surface area contributed by atoms with E-state index in [-0.39, 0.29) is 11.9 Å². The van der Waals surface area contributed by atoms with Crippen LogP contribution in [-0.4, -0.2) is 47.2 Å². The third-order valence-electron chi connectivity index (χ3n) is 2.82. The van der Waals surface area contributed by atoms with Crippen LogP contribution in [-0.2, 0) is 9.53 Å². The number of likely N-dealkylation sites (N-methyl/N-ethyl adjacent to an activating group) is 1. The predicted molar refractivity (Wildman–Crippen MR) is 80.4 cm³/mol. The first kappa shape index (κ1) is 16.7. The fourth-order valence-electron chi connectivity index (χ4n) is 1.82. The molecule has 1 aliphatic rings. The molecule has 20 heavy (non-hydrogen) atoms. The fraction of sp³-hybridized carbons (Fsp3) is 0.769. The highest BCUT2D eigenvalue weighted by Crippen LogP contribution is 2.10. The number of alkyl carbamates (subject to hydrolysis) is 1. The molecule has 0 bridgehead atoms. The number of hydrogen-bond acceptors (Lipinski definition) is 4. The molecule has 114 valence electrons. The zero-order chi connectivity index (χ0) is 15.3. The second-order valence-electron chi connectivity index (χ2n) is 5.82. The van der Waals surface area contributed by atoms with Crippen molar-refractivity contribution in [2.24, 2.45) is 0 Å². The molecular weight excluding hydrogens is 278 g/mol. The van der Waals surface area contributed by atoms with E-state index in [0.29, 0.717) is 18.1 Å². The first-order valence-electron chi connectivity index (χ1n) is 6.75. The molecule has 0 aromatic rings. The summed E-state index contributed by atoms with van der Waals surface area (Å²) in [6.45, 7) is 6.01. The Bertz CT molecular complexity index is 393. The lowest BCUT2D eigenvalue weighted by Gasteiger charge is -2.19.